The Morgan fingerprint density at radius 2 is 2.00 bits per heavy atom. The first-order valence-corrected chi connectivity index (χ1v) is 13.7. The van der Waals surface area contributed by atoms with Crippen LogP contribution >= 0.6 is 22.9 Å². The molecule has 8 nitrogen and oxygen atoms in total. The van der Waals surface area contributed by atoms with E-state index in [-0.39, 0.29) is 24.7 Å². The second-order valence-electron chi connectivity index (χ2n) is 8.32. The molecule has 0 spiro atoms. The predicted molar refractivity (Wildman–Crippen MR) is 134 cm³/mol. The second-order valence-corrected chi connectivity index (χ2v) is 11.3. The van der Waals surface area contributed by atoms with Gasteiger partial charge in [-0.25, -0.2) is 18.0 Å². The highest BCUT2D eigenvalue weighted by Crippen LogP contribution is 2.30. The molecule has 1 saturated heterocycles. The lowest BCUT2D eigenvalue weighted by Crippen LogP contribution is -2.41. The molecular weight excluding hydrogens is 494 g/mol. The Bertz CT molecular complexity index is 1340. The van der Waals surface area contributed by atoms with E-state index < -0.39 is 10.0 Å². The molecule has 5 rings (SSSR count). The van der Waals surface area contributed by atoms with Crippen LogP contribution in [0.3, 0.4) is 0 Å². The summed E-state index contributed by atoms with van der Waals surface area (Å²) in [4.78, 5) is 23.3. The molecule has 178 valence electrons. The van der Waals surface area contributed by atoms with Crippen molar-refractivity contribution in [1.29, 1.82) is 0 Å². The van der Waals surface area contributed by atoms with Gasteiger partial charge < -0.3 is 4.90 Å². The molecule has 4 heterocycles. The van der Waals surface area contributed by atoms with Crippen molar-refractivity contribution in [3.63, 3.8) is 0 Å². The number of fused-ring (bicyclic) bond motifs is 1. The number of thiazole rings is 1. The molecule has 11 heteroatoms. The van der Waals surface area contributed by atoms with Crippen molar-refractivity contribution in [3.05, 3.63) is 64.3 Å². The van der Waals surface area contributed by atoms with Crippen LogP contribution in [0.25, 0.3) is 0 Å². The van der Waals surface area contributed by atoms with Crippen LogP contribution in [0, 0.1) is 0 Å². The maximum absolute atomic E-state index is 12.9. The minimum Gasteiger partial charge on any atom is -0.339 e. The fourth-order valence-electron chi connectivity index (χ4n) is 4.39. The number of hydrogen-bond donors (Lipinski definition) is 1. The summed E-state index contributed by atoms with van der Waals surface area (Å²) in [6.07, 6.45) is 7.54. The van der Waals surface area contributed by atoms with E-state index in [2.05, 4.69) is 14.7 Å². The third-order valence-electron chi connectivity index (χ3n) is 6.18. The molecule has 3 aromatic rings. The van der Waals surface area contributed by atoms with E-state index >= 15 is 0 Å². The normalized spacial score (nSPS) is 16.3. The first-order valence-electron chi connectivity index (χ1n) is 10.9. The van der Waals surface area contributed by atoms with E-state index in [1.807, 2.05) is 33.9 Å². The summed E-state index contributed by atoms with van der Waals surface area (Å²) < 4.78 is 29.5. The number of carbonyl (C=O) groups is 1. The van der Waals surface area contributed by atoms with E-state index in [1.165, 1.54) is 11.3 Å². The Balaban J connectivity index is 0.00000289. The summed E-state index contributed by atoms with van der Waals surface area (Å²) in [5, 5.41) is 2.66. The number of benzene rings is 1. The quantitative estimate of drug-likeness (QED) is 0.499. The highest BCUT2D eigenvalue weighted by Gasteiger charge is 2.29. The van der Waals surface area contributed by atoms with Gasteiger partial charge >= 0.3 is 5.82 Å². The molecule has 2 aromatic heterocycles. The molecule has 0 saturated carbocycles. The smallest absolute Gasteiger partial charge is 0.326 e. The molecule has 2 aliphatic rings. The van der Waals surface area contributed by atoms with Gasteiger partial charge in [-0.15, -0.1) is 11.3 Å². The van der Waals surface area contributed by atoms with Crippen molar-refractivity contribution in [3.8, 4) is 0 Å². The summed E-state index contributed by atoms with van der Waals surface area (Å²) in [6.45, 7) is 1.61. The van der Waals surface area contributed by atoms with Crippen LogP contribution in [0.15, 0.2) is 53.0 Å². The van der Waals surface area contributed by atoms with Crippen LogP contribution in [-0.4, -0.2) is 59.6 Å². The Morgan fingerprint density at radius 1 is 1.24 bits per heavy atom. The molecule has 0 aliphatic carbocycles. The number of rotatable bonds is 6. The Morgan fingerprint density at radius 3 is 2.71 bits per heavy atom. The van der Waals surface area contributed by atoms with Gasteiger partial charge in [-0.2, -0.15) is 0 Å². The minimum absolute atomic E-state index is 0. The van der Waals surface area contributed by atoms with Crippen LogP contribution in [0.5, 0.6) is 0 Å². The van der Waals surface area contributed by atoms with Crippen LogP contribution in [0.1, 0.15) is 31.3 Å². The molecule has 1 aromatic carbocycles. The van der Waals surface area contributed by atoms with Gasteiger partial charge in [-0.05, 0) is 47.5 Å². The van der Waals surface area contributed by atoms with E-state index in [4.69, 9.17) is 11.6 Å². The van der Waals surface area contributed by atoms with Gasteiger partial charge in [0.2, 0.25) is 0 Å². The predicted octanol–water partition coefficient (Wildman–Crippen LogP) is 3.92. The zero-order valence-electron chi connectivity index (χ0n) is 18.2. The van der Waals surface area contributed by atoms with Gasteiger partial charge in [0.15, 0.2) is 17.9 Å². The first kappa shape index (κ1) is 22.9. The molecule has 1 amide bonds. The Labute approximate surface area is 208 Å². The molecule has 0 radical (unpaired) electrons. The maximum atomic E-state index is 12.9. The molecule has 2 aliphatic heterocycles. The summed E-state index contributed by atoms with van der Waals surface area (Å²) in [7, 11) is -3.66. The van der Waals surface area contributed by atoms with Crippen LogP contribution in [0.4, 0.5) is 10.9 Å². The summed E-state index contributed by atoms with van der Waals surface area (Å²) in [5.41, 5.74) is 2.12. The van der Waals surface area contributed by atoms with Crippen LogP contribution < -0.4 is 4.72 Å². The summed E-state index contributed by atoms with van der Waals surface area (Å²) in [6, 6.07) is 8.88. The summed E-state index contributed by atoms with van der Waals surface area (Å²) in [5.74, 6) is 1.16. The van der Waals surface area contributed by atoms with E-state index in [0.29, 0.717) is 23.2 Å². The van der Waals surface area contributed by atoms with Gasteiger partial charge in [0, 0.05) is 32.5 Å². The zero-order valence-corrected chi connectivity index (χ0v) is 20.6. The SMILES string of the molecule is O=C(C[N+]1=CCc2cc(Cl)cnc21)N1CCC(c2ccc(S(=O)(=O)Nc3nccs3)cc2)CC1.[HH]. The fourth-order valence-corrected chi connectivity index (χ4v) is 6.36. The van der Waals surface area contributed by atoms with Gasteiger partial charge in [0.25, 0.3) is 15.9 Å². The highest BCUT2D eigenvalue weighted by molar-refractivity contribution is 7.93. The fraction of sp³-hybridized carbons (Fsp3) is 0.304. The van der Waals surface area contributed by atoms with Gasteiger partial charge in [0.05, 0.1) is 21.7 Å². The van der Waals surface area contributed by atoms with E-state index in [1.54, 1.807) is 29.9 Å². The van der Waals surface area contributed by atoms with Crippen molar-refractivity contribution in [2.45, 2.75) is 30.1 Å². The molecule has 1 N–H and O–H groups in total. The lowest BCUT2D eigenvalue weighted by atomic mass is 9.89. The van der Waals surface area contributed by atoms with Gasteiger partial charge in [0.1, 0.15) is 0 Å². The Hall–Kier alpha value is -2.82. The van der Waals surface area contributed by atoms with E-state index in [9.17, 15) is 13.2 Å². The number of pyridine rings is 1. The number of nitrogens with zero attached hydrogens (tertiary/aromatic N) is 4. The number of anilines is 1. The van der Waals surface area contributed by atoms with Crippen LogP contribution in [0.2, 0.25) is 5.02 Å². The highest BCUT2D eigenvalue weighted by atomic mass is 35.5. The maximum Gasteiger partial charge on any atom is 0.326 e. The third kappa shape index (κ3) is 4.84. The lowest BCUT2D eigenvalue weighted by molar-refractivity contribution is -0.426. The number of aromatic nitrogens is 2. The minimum atomic E-state index is -3.66. The molecule has 1 fully saturated rings. The molecule has 0 unspecified atom stereocenters. The Kier molecular flexibility index (Phi) is 6.37. The van der Waals surface area contributed by atoms with Crippen molar-refractivity contribution in [1.82, 2.24) is 14.9 Å². The summed E-state index contributed by atoms with van der Waals surface area (Å²) >= 11 is 7.25. The number of nitrogens with one attached hydrogen (secondary N) is 1. The zero-order chi connectivity index (χ0) is 23.7. The van der Waals surface area contributed by atoms with Crippen molar-refractivity contribution >= 4 is 56.0 Å². The second kappa shape index (κ2) is 9.44. The monoisotopic (exact) mass is 518 g/mol. The average Bonchev–Trinajstić information content (AvgIpc) is 3.48. The molecule has 34 heavy (non-hydrogen) atoms. The third-order valence-corrected chi connectivity index (χ3v) is 8.56. The van der Waals surface area contributed by atoms with Crippen LogP contribution in [-0.2, 0) is 21.2 Å². The molecular formula is C23H25ClN5O3S2+. The van der Waals surface area contributed by atoms with E-state index in [0.717, 1.165) is 36.2 Å². The number of amides is 1. The van der Waals surface area contributed by atoms with Gasteiger partial charge in [-0.3, -0.25) is 9.52 Å². The number of likely N-dealkylation sites (tertiary alicyclic amines) is 1. The number of carbonyl (C=O) groups excluding carboxylic acids is 1. The molecule has 0 bridgehead atoms. The average molecular weight is 519 g/mol. The van der Waals surface area contributed by atoms with Crippen molar-refractivity contribution in [2.24, 2.45) is 0 Å². The topological polar surface area (TPSA) is 95.3 Å². The van der Waals surface area contributed by atoms with Gasteiger partial charge in [-0.1, -0.05) is 23.7 Å². The van der Waals surface area contributed by atoms with Crippen molar-refractivity contribution < 1.29 is 19.2 Å². The lowest BCUT2D eigenvalue weighted by Gasteiger charge is -2.32. The standard InChI is InChI=1S/C23H23ClN5O3S2.H2/c24-19-13-18-7-11-29(22(18)26-14-19)15-21(30)28-9-5-17(6-10-28)16-1-3-20(4-2-16)34(31,32)27-23-25-8-12-33-23;/h1-4,8,11-14,17H,5-7,9-10,15H2,(H,25,27);1H/q+1;. The van der Waals surface area contributed by atoms with Crippen molar-refractivity contribution in [2.75, 3.05) is 24.4 Å². The number of sulfonamides is 1. The molecule has 0 atom stereocenters. The number of halogens is 1. The number of piperidine rings is 1. The largest absolute Gasteiger partial charge is 0.339 e. The first-order chi connectivity index (χ1) is 16.4. The number of hydrogen-bond acceptors (Lipinski definition) is 6.